The molecule has 3 heteroatoms. The average Bonchev–Trinajstić information content (AvgIpc) is 2.26. The summed E-state index contributed by atoms with van der Waals surface area (Å²) in [4.78, 5) is 11.0. The fraction of sp³-hybridized carbons (Fsp3) is 0.588. The van der Waals surface area contributed by atoms with Crippen LogP contribution in [0.2, 0.25) is 18.1 Å². The van der Waals surface area contributed by atoms with E-state index in [4.69, 9.17) is 4.43 Å². The molecule has 0 spiro atoms. The van der Waals surface area contributed by atoms with Gasteiger partial charge in [-0.3, -0.25) is 0 Å². The van der Waals surface area contributed by atoms with Crippen molar-refractivity contribution in [3.63, 3.8) is 0 Å². The summed E-state index contributed by atoms with van der Waals surface area (Å²) in [6.45, 7) is 12.9. The summed E-state index contributed by atoms with van der Waals surface area (Å²) >= 11 is 0. The summed E-state index contributed by atoms with van der Waals surface area (Å²) in [5, 5.41) is 0.206. The Labute approximate surface area is 124 Å². The normalized spacial score (nSPS) is 12.3. The Kier molecular flexibility index (Phi) is 5.57. The highest BCUT2D eigenvalue weighted by molar-refractivity contribution is 6.74. The van der Waals surface area contributed by atoms with Crippen LogP contribution in [0.15, 0.2) is 24.3 Å². The summed E-state index contributed by atoms with van der Waals surface area (Å²) < 4.78 is 6.31. The summed E-state index contributed by atoms with van der Waals surface area (Å²) in [6.07, 6.45) is 2.51. The van der Waals surface area contributed by atoms with Gasteiger partial charge in [0.15, 0.2) is 0 Å². The van der Waals surface area contributed by atoms with E-state index in [1.165, 1.54) is 5.56 Å². The molecular weight excluding hydrogens is 264 g/mol. The molecule has 0 radical (unpaired) electrons. The molecule has 0 aliphatic carbocycles. The van der Waals surface area contributed by atoms with E-state index >= 15 is 0 Å². The third-order valence-electron chi connectivity index (χ3n) is 4.07. The Morgan fingerprint density at radius 2 is 1.90 bits per heavy atom. The predicted octanol–water partition coefficient (Wildman–Crippen LogP) is 4.98. The van der Waals surface area contributed by atoms with Gasteiger partial charge in [0.05, 0.1) is 0 Å². The molecule has 0 fully saturated rings. The molecule has 1 rings (SSSR count). The maximum atomic E-state index is 11.0. The molecule has 20 heavy (non-hydrogen) atoms. The Morgan fingerprint density at radius 1 is 1.25 bits per heavy atom. The Balaban J connectivity index is 2.71. The molecule has 0 aliphatic rings. The monoisotopic (exact) mass is 292 g/mol. The predicted molar refractivity (Wildman–Crippen MR) is 87.9 cm³/mol. The first-order valence-corrected chi connectivity index (χ1v) is 10.3. The number of hydrogen-bond acceptors (Lipinski definition) is 2. The van der Waals surface area contributed by atoms with E-state index in [9.17, 15) is 4.79 Å². The SMILES string of the molecule is CC(=O)CCCc1cccc(O[Si](C)(C)C(C)(C)C)c1. The van der Waals surface area contributed by atoms with Gasteiger partial charge in [-0.15, -0.1) is 0 Å². The molecule has 0 heterocycles. The van der Waals surface area contributed by atoms with E-state index in [1.54, 1.807) is 6.92 Å². The van der Waals surface area contributed by atoms with Crippen LogP contribution in [0.3, 0.4) is 0 Å². The number of ketones is 1. The van der Waals surface area contributed by atoms with Crippen molar-refractivity contribution in [2.75, 3.05) is 0 Å². The molecule has 0 saturated carbocycles. The quantitative estimate of drug-likeness (QED) is 0.691. The number of Topliss-reactive ketones (excluding diaryl/α,β-unsaturated/α-hetero) is 1. The van der Waals surface area contributed by atoms with E-state index in [0.29, 0.717) is 6.42 Å². The minimum atomic E-state index is -1.77. The van der Waals surface area contributed by atoms with E-state index in [0.717, 1.165) is 18.6 Å². The van der Waals surface area contributed by atoms with Gasteiger partial charge in [0.25, 0.3) is 0 Å². The molecule has 0 amide bonds. The zero-order chi connectivity index (χ0) is 15.4. The first-order chi connectivity index (χ1) is 9.12. The summed E-state index contributed by atoms with van der Waals surface area (Å²) in [5.74, 6) is 1.23. The van der Waals surface area contributed by atoms with Gasteiger partial charge in [-0.2, -0.15) is 0 Å². The van der Waals surface area contributed by atoms with E-state index in [-0.39, 0.29) is 10.8 Å². The van der Waals surface area contributed by atoms with Crippen LogP contribution in [0.5, 0.6) is 5.75 Å². The topological polar surface area (TPSA) is 26.3 Å². The molecule has 0 aromatic heterocycles. The van der Waals surface area contributed by atoms with Gasteiger partial charge in [-0.05, 0) is 55.6 Å². The lowest BCUT2D eigenvalue weighted by Crippen LogP contribution is -2.43. The van der Waals surface area contributed by atoms with Crippen molar-refractivity contribution < 1.29 is 9.22 Å². The first kappa shape index (κ1) is 17.0. The fourth-order valence-electron chi connectivity index (χ4n) is 1.75. The van der Waals surface area contributed by atoms with Crippen LogP contribution in [0.1, 0.15) is 46.1 Å². The van der Waals surface area contributed by atoms with Crippen LogP contribution in [-0.2, 0) is 11.2 Å². The molecule has 112 valence electrons. The van der Waals surface area contributed by atoms with E-state index < -0.39 is 8.32 Å². The molecule has 0 atom stereocenters. The molecule has 0 saturated heterocycles. The molecule has 0 aliphatic heterocycles. The number of aryl methyl sites for hydroxylation is 1. The number of hydrogen-bond donors (Lipinski definition) is 0. The van der Waals surface area contributed by atoms with Crippen LogP contribution < -0.4 is 4.43 Å². The second-order valence-corrected chi connectivity index (χ2v) is 11.8. The van der Waals surface area contributed by atoms with Crippen LogP contribution in [-0.4, -0.2) is 14.1 Å². The minimum Gasteiger partial charge on any atom is -0.543 e. The molecule has 0 N–H and O–H groups in total. The number of benzene rings is 1. The van der Waals surface area contributed by atoms with Crippen molar-refractivity contribution in [1.29, 1.82) is 0 Å². The van der Waals surface area contributed by atoms with Gasteiger partial charge in [0.1, 0.15) is 11.5 Å². The summed E-state index contributed by atoms with van der Waals surface area (Å²) in [6, 6.07) is 8.32. The number of carbonyl (C=O) groups is 1. The minimum absolute atomic E-state index is 0.206. The van der Waals surface area contributed by atoms with Gasteiger partial charge < -0.3 is 9.22 Å². The lowest BCUT2D eigenvalue weighted by atomic mass is 10.1. The van der Waals surface area contributed by atoms with Crippen LogP contribution in [0.4, 0.5) is 0 Å². The highest BCUT2D eigenvalue weighted by atomic mass is 28.4. The third kappa shape index (κ3) is 5.12. The van der Waals surface area contributed by atoms with E-state index in [1.807, 2.05) is 12.1 Å². The van der Waals surface area contributed by atoms with Crippen LogP contribution >= 0.6 is 0 Å². The smallest absolute Gasteiger partial charge is 0.250 e. The Hall–Kier alpha value is -1.09. The fourth-order valence-corrected chi connectivity index (χ4v) is 2.78. The second kappa shape index (κ2) is 6.57. The first-order valence-electron chi connectivity index (χ1n) is 7.39. The largest absolute Gasteiger partial charge is 0.543 e. The van der Waals surface area contributed by atoms with E-state index in [2.05, 4.69) is 46.0 Å². The Morgan fingerprint density at radius 3 is 2.45 bits per heavy atom. The summed E-state index contributed by atoms with van der Waals surface area (Å²) in [7, 11) is -1.77. The van der Waals surface area contributed by atoms with Crippen molar-refractivity contribution >= 4 is 14.1 Å². The van der Waals surface area contributed by atoms with Crippen LogP contribution in [0.25, 0.3) is 0 Å². The molecule has 2 nitrogen and oxygen atoms in total. The zero-order valence-corrected chi connectivity index (χ0v) is 14.7. The second-order valence-electron chi connectivity index (χ2n) is 7.07. The van der Waals surface area contributed by atoms with Gasteiger partial charge in [-0.1, -0.05) is 32.9 Å². The lowest BCUT2D eigenvalue weighted by molar-refractivity contribution is -0.117. The average molecular weight is 292 g/mol. The zero-order valence-electron chi connectivity index (χ0n) is 13.7. The van der Waals surface area contributed by atoms with Crippen LogP contribution in [0, 0.1) is 0 Å². The molecule has 1 aromatic rings. The van der Waals surface area contributed by atoms with Crippen molar-refractivity contribution in [3.05, 3.63) is 29.8 Å². The maximum Gasteiger partial charge on any atom is 0.250 e. The third-order valence-corrected chi connectivity index (χ3v) is 8.43. The Bertz CT molecular complexity index is 458. The number of rotatable bonds is 6. The van der Waals surface area contributed by atoms with Crippen molar-refractivity contribution in [2.24, 2.45) is 0 Å². The molecule has 1 aromatic carbocycles. The summed E-state index contributed by atoms with van der Waals surface area (Å²) in [5.41, 5.74) is 1.25. The van der Waals surface area contributed by atoms with Gasteiger partial charge in [0.2, 0.25) is 8.32 Å². The highest BCUT2D eigenvalue weighted by Crippen LogP contribution is 2.37. The maximum absolute atomic E-state index is 11.0. The van der Waals surface area contributed by atoms with Gasteiger partial charge in [-0.25, -0.2) is 0 Å². The molecule has 0 bridgehead atoms. The molecular formula is C17H28O2Si. The van der Waals surface area contributed by atoms with Gasteiger partial charge >= 0.3 is 0 Å². The number of carbonyl (C=O) groups excluding carboxylic acids is 1. The lowest BCUT2D eigenvalue weighted by Gasteiger charge is -2.36. The van der Waals surface area contributed by atoms with Gasteiger partial charge in [0, 0.05) is 6.42 Å². The highest BCUT2D eigenvalue weighted by Gasteiger charge is 2.38. The van der Waals surface area contributed by atoms with Crippen molar-refractivity contribution in [2.45, 2.75) is 65.1 Å². The standard InChI is InChI=1S/C17H28O2Si/c1-14(18)9-7-10-15-11-8-12-16(13-15)19-20(5,6)17(2,3)4/h8,11-13H,7,9-10H2,1-6H3. The van der Waals surface area contributed by atoms with Crippen molar-refractivity contribution in [3.8, 4) is 5.75 Å². The molecule has 0 unspecified atom stereocenters. The van der Waals surface area contributed by atoms with Crippen molar-refractivity contribution in [1.82, 2.24) is 0 Å².